The van der Waals surface area contributed by atoms with Crippen LogP contribution in [0.3, 0.4) is 0 Å². The number of nitrogens with zero attached hydrogens (tertiary/aromatic N) is 3. The topological polar surface area (TPSA) is 142 Å². The van der Waals surface area contributed by atoms with E-state index in [0.717, 1.165) is 27.8 Å². The molecule has 2 aromatic carbocycles. The summed E-state index contributed by atoms with van der Waals surface area (Å²) >= 11 is 0. The average Bonchev–Trinajstić information content (AvgIpc) is 3.28. The molecule has 4 aromatic rings. The summed E-state index contributed by atoms with van der Waals surface area (Å²) in [4.78, 5) is 22.4. The highest BCUT2D eigenvalue weighted by Crippen LogP contribution is 2.40. The second-order valence-corrected chi connectivity index (χ2v) is 8.64. The number of carbonyl (C=O) groups excluding carboxylic acids is 1. The van der Waals surface area contributed by atoms with Gasteiger partial charge in [0.15, 0.2) is 11.3 Å². The van der Waals surface area contributed by atoms with Crippen LogP contribution in [0, 0.1) is 6.92 Å². The Balaban J connectivity index is 1.72. The smallest absolute Gasteiger partial charge is 0.255 e. The Bertz CT molecular complexity index is 1430. The van der Waals surface area contributed by atoms with Gasteiger partial charge in [-0.15, -0.1) is 0 Å². The van der Waals surface area contributed by atoms with Gasteiger partial charge in [0.25, 0.3) is 5.91 Å². The fourth-order valence-electron chi connectivity index (χ4n) is 4.03. The number of aryl methyl sites for hydroxylation is 1. The Morgan fingerprint density at radius 2 is 1.89 bits per heavy atom. The minimum atomic E-state index is -0.0807. The molecule has 0 saturated heterocycles. The summed E-state index contributed by atoms with van der Waals surface area (Å²) in [5, 5.41) is 4.18. The number of nitrogen functional groups attached to an aromatic ring is 2. The molecule has 188 valence electrons. The summed E-state index contributed by atoms with van der Waals surface area (Å²) in [6.45, 7) is 2.30. The number of hydrogen-bond donors (Lipinski definition) is 3. The van der Waals surface area contributed by atoms with Gasteiger partial charge in [-0.05, 0) is 36.8 Å². The molecule has 10 heteroatoms. The van der Waals surface area contributed by atoms with Gasteiger partial charge in [-0.25, -0.2) is 4.98 Å². The number of methoxy groups -OCH3 is 2. The quantitative estimate of drug-likeness (QED) is 0.337. The molecule has 36 heavy (non-hydrogen) atoms. The van der Waals surface area contributed by atoms with Gasteiger partial charge in [0.1, 0.15) is 11.6 Å². The lowest BCUT2D eigenvalue weighted by Gasteiger charge is -2.15. The fourth-order valence-corrected chi connectivity index (χ4v) is 4.03. The molecule has 0 aliphatic heterocycles. The van der Waals surface area contributed by atoms with Gasteiger partial charge < -0.3 is 35.6 Å². The monoisotopic (exact) mass is 490 g/mol. The molecular formula is C26H30N6O4. The van der Waals surface area contributed by atoms with Crippen molar-refractivity contribution in [2.45, 2.75) is 19.9 Å². The van der Waals surface area contributed by atoms with Crippen LogP contribution in [-0.2, 0) is 13.0 Å². The first-order chi connectivity index (χ1) is 17.2. The van der Waals surface area contributed by atoms with E-state index in [1.807, 2.05) is 37.3 Å². The van der Waals surface area contributed by atoms with Crippen LogP contribution in [0.4, 0.5) is 17.5 Å². The summed E-state index contributed by atoms with van der Waals surface area (Å²) in [6, 6.07) is 9.55. The van der Waals surface area contributed by atoms with Gasteiger partial charge in [0.2, 0.25) is 11.7 Å². The Morgan fingerprint density at radius 3 is 2.56 bits per heavy atom. The van der Waals surface area contributed by atoms with Crippen molar-refractivity contribution in [1.82, 2.24) is 14.9 Å². The number of benzene rings is 2. The van der Waals surface area contributed by atoms with Gasteiger partial charge in [-0.1, -0.05) is 11.6 Å². The lowest BCUT2D eigenvalue weighted by Crippen LogP contribution is -2.23. The molecule has 0 aliphatic rings. The molecule has 0 unspecified atom stereocenters. The Morgan fingerprint density at radius 1 is 1.11 bits per heavy atom. The lowest BCUT2D eigenvalue weighted by atomic mass is 10.0. The van der Waals surface area contributed by atoms with E-state index in [0.29, 0.717) is 47.2 Å². The van der Waals surface area contributed by atoms with E-state index in [2.05, 4.69) is 15.3 Å². The molecule has 0 saturated carbocycles. The van der Waals surface area contributed by atoms with Crippen LogP contribution in [-0.4, -0.2) is 49.1 Å². The third kappa shape index (κ3) is 4.83. The molecule has 5 N–H and O–H groups in total. The summed E-state index contributed by atoms with van der Waals surface area (Å²) in [5.74, 6) is 2.02. The van der Waals surface area contributed by atoms with Crippen molar-refractivity contribution in [3.63, 3.8) is 0 Å². The van der Waals surface area contributed by atoms with E-state index in [1.165, 1.54) is 0 Å². The Hall–Kier alpha value is -4.47. The number of carbonyl (C=O) groups is 1. The van der Waals surface area contributed by atoms with Crippen molar-refractivity contribution in [3.8, 4) is 11.5 Å². The SMILES string of the molecule is COc1cc(Cc2cnc(N)nc2N)c2cc(CNc3ccc(C)cc3C(=O)N(C)C)oc2c1OC. The molecule has 4 rings (SSSR count). The zero-order chi connectivity index (χ0) is 26.0. The molecule has 2 heterocycles. The van der Waals surface area contributed by atoms with Crippen LogP contribution >= 0.6 is 0 Å². The number of nitrogens with one attached hydrogen (secondary N) is 1. The second kappa shape index (κ2) is 10.0. The van der Waals surface area contributed by atoms with Crippen molar-refractivity contribution in [3.05, 3.63) is 64.5 Å². The maximum atomic E-state index is 12.7. The normalized spacial score (nSPS) is 10.9. The third-order valence-electron chi connectivity index (χ3n) is 5.85. The van der Waals surface area contributed by atoms with Crippen LogP contribution in [0.15, 0.2) is 40.9 Å². The Kier molecular flexibility index (Phi) is 6.86. The number of hydrogen-bond acceptors (Lipinski definition) is 9. The van der Waals surface area contributed by atoms with E-state index >= 15 is 0 Å². The number of fused-ring (bicyclic) bond motifs is 1. The number of rotatable bonds is 8. The van der Waals surface area contributed by atoms with Crippen molar-refractivity contribution in [2.24, 2.45) is 0 Å². The number of aromatic nitrogens is 2. The first-order valence-corrected chi connectivity index (χ1v) is 11.3. The largest absolute Gasteiger partial charge is 0.493 e. The molecule has 0 aliphatic carbocycles. The van der Waals surface area contributed by atoms with Gasteiger partial charge in [0, 0.05) is 43.4 Å². The van der Waals surface area contributed by atoms with E-state index in [9.17, 15) is 4.79 Å². The molecule has 10 nitrogen and oxygen atoms in total. The van der Waals surface area contributed by atoms with Gasteiger partial charge in [-0.2, -0.15) is 4.98 Å². The molecular weight excluding hydrogens is 460 g/mol. The van der Waals surface area contributed by atoms with Crippen LogP contribution in [0.1, 0.15) is 32.8 Å². The first kappa shape index (κ1) is 24.6. The van der Waals surface area contributed by atoms with Gasteiger partial charge >= 0.3 is 0 Å². The molecule has 0 spiro atoms. The van der Waals surface area contributed by atoms with Crippen molar-refractivity contribution >= 4 is 34.3 Å². The molecule has 0 radical (unpaired) electrons. The van der Waals surface area contributed by atoms with E-state index in [4.69, 9.17) is 25.4 Å². The predicted molar refractivity (Wildman–Crippen MR) is 140 cm³/mol. The average molecular weight is 491 g/mol. The minimum absolute atomic E-state index is 0.0807. The highest BCUT2D eigenvalue weighted by Gasteiger charge is 2.20. The van der Waals surface area contributed by atoms with Crippen LogP contribution < -0.4 is 26.3 Å². The Labute approximate surface area is 209 Å². The summed E-state index contributed by atoms with van der Waals surface area (Å²) in [6.07, 6.45) is 2.05. The summed E-state index contributed by atoms with van der Waals surface area (Å²) in [5.41, 5.74) is 16.2. The lowest BCUT2D eigenvalue weighted by molar-refractivity contribution is 0.0828. The van der Waals surface area contributed by atoms with E-state index < -0.39 is 0 Å². The minimum Gasteiger partial charge on any atom is -0.493 e. The standard InChI is InChI=1S/C26H30N6O4/c1-14-6-7-20(19(8-14)25(33)32(2)3)29-13-17-11-18-15(9-16-12-30-26(28)31-24(16)27)10-21(34-4)23(35-5)22(18)36-17/h6-8,10-12,29H,9,13H2,1-5H3,(H4,27,28,30,31). The van der Waals surface area contributed by atoms with E-state index in [1.54, 1.807) is 39.4 Å². The molecule has 2 aromatic heterocycles. The maximum absolute atomic E-state index is 12.7. The fraction of sp³-hybridized carbons (Fsp3) is 0.269. The third-order valence-corrected chi connectivity index (χ3v) is 5.85. The zero-order valence-corrected chi connectivity index (χ0v) is 21.0. The number of amides is 1. The zero-order valence-electron chi connectivity index (χ0n) is 21.0. The van der Waals surface area contributed by atoms with Gasteiger partial charge in [-0.3, -0.25) is 4.79 Å². The molecule has 0 bridgehead atoms. The molecule has 1 amide bonds. The second-order valence-electron chi connectivity index (χ2n) is 8.64. The number of nitrogens with two attached hydrogens (primary N) is 2. The van der Waals surface area contributed by atoms with Crippen molar-refractivity contribution < 1.29 is 18.7 Å². The highest BCUT2D eigenvalue weighted by molar-refractivity contribution is 5.99. The summed E-state index contributed by atoms with van der Waals surface area (Å²) < 4.78 is 17.4. The predicted octanol–water partition coefficient (Wildman–Crippen LogP) is 3.62. The van der Waals surface area contributed by atoms with Crippen LogP contribution in [0.5, 0.6) is 11.5 Å². The number of anilines is 3. The van der Waals surface area contributed by atoms with Gasteiger partial charge in [0.05, 0.1) is 26.3 Å². The maximum Gasteiger partial charge on any atom is 0.255 e. The van der Waals surface area contributed by atoms with Crippen LogP contribution in [0.25, 0.3) is 11.0 Å². The number of ether oxygens (including phenoxy) is 2. The summed E-state index contributed by atoms with van der Waals surface area (Å²) in [7, 11) is 6.59. The first-order valence-electron chi connectivity index (χ1n) is 11.3. The van der Waals surface area contributed by atoms with Crippen LogP contribution in [0.2, 0.25) is 0 Å². The molecule has 0 fully saturated rings. The number of furan rings is 1. The van der Waals surface area contributed by atoms with Crippen molar-refractivity contribution in [2.75, 3.05) is 45.1 Å². The molecule has 0 atom stereocenters. The van der Waals surface area contributed by atoms with Crippen molar-refractivity contribution in [1.29, 1.82) is 0 Å². The highest BCUT2D eigenvalue weighted by atomic mass is 16.5. The van der Waals surface area contributed by atoms with E-state index in [-0.39, 0.29) is 11.9 Å².